The highest BCUT2D eigenvalue weighted by atomic mass is 16.1. The first kappa shape index (κ1) is 13.1. The second kappa shape index (κ2) is 5.61. The Bertz CT molecular complexity index is 613. The molecule has 2 aromatic rings. The maximum atomic E-state index is 12.3. The predicted molar refractivity (Wildman–Crippen MR) is 76.6 cm³/mol. The monoisotopic (exact) mass is 272 g/mol. The molecule has 1 aliphatic carbocycles. The third-order valence-corrected chi connectivity index (χ3v) is 4.11. The first-order valence-corrected chi connectivity index (χ1v) is 7.34. The molecular weight excluding hydrogens is 252 g/mol. The molecule has 0 aliphatic heterocycles. The van der Waals surface area contributed by atoms with E-state index in [9.17, 15) is 4.79 Å². The number of nitrogens with zero attached hydrogens (tertiary/aromatic N) is 3. The fraction of sp³-hybridized carbons (Fsp3) is 0.533. The molecule has 1 aliphatic rings. The second-order valence-corrected chi connectivity index (χ2v) is 5.54. The van der Waals surface area contributed by atoms with Crippen LogP contribution < -0.4 is 5.32 Å². The molecule has 0 saturated heterocycles. The number of amides is 1. The normalized spacial score (nSPS) is 15.8. The molecule has 3 rings (SSSR count). The van der Waals surface area contributed by atoms with Gasteiger partial charge in [0, 0.05) is 18.9 Å². The first-order valence-electron chi connectivity index (χ1n) is 7.34. The number of carbonyl (C=O) groups excluding carboxylic acids is 1. The third kappa shape index (κ3) is 2.53. The van der Waals surface area contributed by atoms with Gasteiger partial charge in [0.15, 0.2) is 5.65 Å². The molecule has 0 atom stereocenters. The average Bonchev–Trinajstić information content (AvgIpc) is 3.04. The average molecular weight is 272 g/mol. The van der Waals surface area contributed by atoms with Crippen molar-refractivity contribution < 1.29 is 4.79 Å². The number of nitrogens with one attached hydrogen (secondary N) is 1. The quantitative estimate of drug-likeness (QED) is 0.929. The minimum absolute atomic E-state index is 0.0609. The SMILES string of the molecule is Cc1nn2cccnc2c1C(=O)NCCC1CCCC1. The highest BCUT2D eigenvalue weighted by Gasteiger charge is 2.19. The summed E-state index contributed by atoms with van der Waals surface area (Å²) in [5.74, 6) is 0.729. The zero-order valence-electron chi connectivity index (χ0n) is 11.8. The van der Waals surface area contributed by atoms with Crippen LogP contribution in [0.5, 0.6) is 0 Å². The summed E-state index contributed by atoms with van der Waals surface area (Å²) in [4.78, 5) is 16.6. The summed E-state index contributed by atoms with van der Waals surface area (Å²) in [6.45, 7) is 2.59. The van der Waals surface area contributed by atoms with Gasteiger partial charge < -0.3 is 5.32 Å². The van der Waals surface area contributed by atoms with Gasteiger partial charge in [0.05, 0.1) is 5.69 Å². The Kier molecular flexibility index (Phi) is 3.67. The van der Waals surface area contributed by atoms with Crippen molar-refractivity contribution in [2.45, 2.75) is 39.0 Å². The molecule has 2 heterocycles. The lowest BCUT2D eigenvalue weighted by molar-refractivity contribution is 0.0952. The van der Waals surface area contributed by atoms with E-state index in [0.717, 1.165) is 24.6 Å². The van der Waals surface area contributed by atoms with Gasteiger partial charge in [0.25, 0.3) is 5.91 Å². The summed E-state index contributed by atoms with van der Waals surface area (Å²) in [5, 5.41) is 7.33. The molecule has 1 amide bonds. The lowest BCUT2D eigenvalue weighted by Crippen LogP contribution is -2.26. The number of rotatable bonds is 4. The van der Waals surface area contributed by atoms with Gasteiger partial charge >= 0.3 is 0 Å². The van der Waals surface area contributed by atoms with Crippen molar-refractivity contribution in [3.05, 3.63) is 29.7 Å². The summed E-state index contributed by atoms with van der Waals surface area (Å²) in [6, 6.07) is 1.81. The molecule has 1 fully saturated rings. The van der Waals surface area contributed by atoms with Crippen molar-refractivity contribution in [3.8, 4) is 0 Å². The molecule has 5 nitrogen and oxygen atoms in total. The predicted octanol–water partition coefficient (Wildman–Crippen LogP) is 2.35. The van der Waals surface area contributed by atoms with E-state index in [1.807, 2.05) is 13.1 Å². The van der Waals surface area contributed by atoms with Gasteiger partial charge in [-0.3, -0.25) is 4.79 Å². The van der Waals surface area contributed by atoms with E-state index in [1.165, 1.54) is 25.7 Å². The van der Waals surface area contributed by atoms with E-state index in [2.05, 4.69) is 15.4 Å². The number of hydrogen-bond acceptors (Lipinski definition) is 3. The molecule has 0 unspecified atom stereocenters. The minimum atomic E-state index is -0.0609. The van der Waals surface area contributed by atoms with Crippen molar-refractivity contribution in [2.24, 2.45) is 5.92 Å². The largest absolute Gasteiger partial charge is 0.352 e. The molecule has 20 heavy (non-hydrogen) atoms. The van der Waals surface area contributed by atoms with E-state index < -0.39 is 0 Å². The van der Waals surface area contributed by atoms with Crippen molar-refractivity contribution in [2.75, 3.05) is 6.54 Å². The molecule has 0 radical (unpaired) electrons. The highest BCUT2D eigenvalue weighted by Crippen LogP contribution is 2.26. The zero-order chi connectivity index (χ0) is 13.9. The molecule has 0 bridgehead atoms. The van der Waals surface area contributed by atoms with E-state index in [0.29, 0.717) is 11.2 Å². The Hall–Kier alpha value is -1.91. The van der Waals surface area contributed by atoms with Gasteiger partial charge in [-0.1, -0.05) is 25.7 Å². The minimum Gasteiger partial charge on any atom is -0.352 e. The number of fused-ring (bicyclic) bond motifs is 1. The van der Waals surface area contributed by atoms with Crippen LogP contribution in [0.25, 0.3) is 5.65 Å². The Morgan fingerprint density at radius 1 is 1.45 bits per heavy atom. The summed E-state index contributed by atoms with van der Waals surface area (Å²) in [7, 11) is 0. The zero-order valence-corrected chi connectivity index (χ0v) is 11.8. The molecule has 2 aromatic heterocycles. The number of aromatic nitrogens is 3. The van der Waals surface area contributed by atoms with Crippen LogP contribution in [0.3, 0.4) is 0 Å². The third-order valence-electron chi connectivity index (χ3n) is 4.11. The van der Waals surface area contributed by atoms with E-state index >= 15 is 0 Å². The fourth-order valence-electron chi connectivity index (χ4n) is 3.04. The standard InChI is InChI=1S/C15H20N4O/c1-11-13(14-16-8-4-10-19(14)18-11)15(20)17-9-7-12-5-2-3-6-12/h4,8,10,12H,2-3,5-7,9H2,1H3,(H,17,20). The highest BCUT2D eigenvalue weighted by molar-refractivity contribution is 6.00. The lowest BCUT2D eigenvalue weighted by atomic mass is 10.0. The van der Waals surface area contributed by atoms with Crippen molar-refractivity contribution in [3.63, 3.8) is 0 Å². The molecular formula is C15H20N4O. The van der Waals surface area contributed by atoms with Gasteiger partial charge in [0.1, 0.15) is 5.56 Å². The summed E-state index contributed by atoms with van der Waals surface area (Å²) < 4.78 is 1.65. The Labute approximate surface area is 118 Å². The van der Waals surface area contributed by atoms with Crippen LogP contribution >= 0.6 is 0 Å². The first-order chi connectivity index (χ1) is 9.75. The van der Waals surface area contributed by atoms with Crippen LogP contribution in [0.2, 0.25) is 0 Å². The fourth-order valence-corrected chi connectivity index (χ4v) is 3.04. The van der Waals surface area contributed by atoms with Crippen LogP contribution in [0.4, 0.5) is 0 Å². The number of hydrogen-bond donors (Lipinski definition) is 1. The van der Waals surface area contributed by atoms with Gasteiger partial charge in [-0.05, 0) is 25.3 Å². The smallest absolute Gasteiger partial charge is 0.257 e. The van der Waals surface area contributed by atoms with Crippen molar-refractivity contribution in [1.82, 2.24) is 19.9 Å². The Balaban J connectivity index is 1.67. The molecule has 106 valence electrons. The van der Waals surface area contributed by atoms with Crippen LogP contribution in [-0.2, 0) is 0 Å². The van der Waals surface area contributed by atoms with Crippen LogP contribution in [0.1, 0.15) is 48.2 Å². The van der Waals surface area contributed by atoms with Gasteiger partial charge in [-0.15, -0.1) is 0 Å². The molecule has 0 aromatic carbocycles. The maximum Gasteiger partial charge on any atom is 0.257 e. The topological polar surface area (TPSA) is 59.3 Å². The lowest BCUT2D eigenvalue weighted by Gasteiger charge is -2.09. The van der Waals surface area contributed by atoms with E-state index in [-0.39, 0.29) is 5.91 Å². The number of carbonyl (C=O) groups is 1. The van der Waals surface area contributed by atoms with Gasteiger partial charge in [-0.25, -0.2) is 9.50 Å². The van der Waals surface area contributed by atoms with Crippen molar-refractivity contribution >= 4 is 11.6 Å². The van der Waals surface area contributed by atoms with Crippen LogP contribution in [0, 0.1) is 12.8 Å². The van der Waals surface area contributed by atoms with Crippen molar-refractivity contribution in [1.29, 1.82) is 0 Å². The van der Waals surface area contributed by atoms with Crippen LogP contribution in [0.15, 0.2) is 18.5 Å². The number of aryl methyl sites for hydroxylation is 1. The summed E-state index contributed by atoms with van der Waals surface area (Å²) >= 11 is 0. The molecule has 0 spiro atoms. The molecule has 1 N–H and O–H groups in total. The summed E-state index contributed by atoms with van der Waals surface area (Å²) in [6.07, 6.45) is 9.89. The molecule has 1 saturated carbocycles. The maximum absolute atomic E-state index is 12.3. The summed E-state index contributed by atoms with van der Waals surface area (Å²) in [5.41, 5.74) is 1.95. The van der Waals surface area contributed by atoms with E-state index in [4.69, 9.17) is 0 Å². The van der Waals surface area contributed by atoms with Gasteiger partial charge in [-0.2, -0.15) is 5.10 Å². The molecule has 5 heteroatoms. The Morgan fingerprint density at radius 2 is 2.25 bits per heavy atom. The van der Waals surface area contributed by atoms with Crippen LogP contribution in [-0.4, -0.2) is 27.0 Å². The Morgan fingerprint density at radius 3 is 3.05 bits per heavy atom. The second-order valence-electron chi connectivity index (χ2n) is 5.54. The van der Waals surface area contributed by atoms with Gasteiger partial charge in [0.2, 0.25) is 0 Å². The van der Waals surface area contributed by atoms with E-state index in [1.54, 1.807) is 16.8 Å².